The predicted octanol–water partition coefficient (Wildman–Crippen LogP) is 6.47. The number of hydrogen-bond donors (Lipinski definition) is 1. The molecule has 36 heavy (non-hydrogen) atoms. The molecule has 0 unspecified atom stereocenters. The SMILES string of the molecule is C=CCc1cc(C2C3=C(CCCC3=O)NC3=C2C(=O)CCC3)cc(OC)c1OCc1ccc(Br)cc1. The molecule has 2 aromatic carbocycles. The summed E-state index contributed by atoms with van der Waals surface area (Å²) in [6, 6.07) is 12.0. The van der Waals surface area contributed by atoms with E-state index < -0.39 is 0 Å². The zero-order valence-electron chi connectivity index (χ0n) is 20.5. The standard InChI is InChI=1S/C30H30BrNO4/c1-3-6-19-15-20(16-26(35-2)30(19)36-17-18-11-13-21(31)14-12-18)27-28-22(7-4-9-24(28)33)32-23-8-5-10-25(34)29(23)27/h3,11-16,27,32H,1,4-10,17H2,2H3. The summed E-state index contributed by atoms with van der Waals surface area (Å²) in [5, 5.41) is 3.48. The number of rotatable bonds is 7. The lowest BCUT2D eigenvalue weighted by atomic mass is 9.71. The fraction of sp³-hybridized carbons (Fsp3) is 0.333. The highest BCUT2D eigenvalue weighted by Crippen LogP contribution is 2.47. The molecule has 0 radical (unpaired) electrons. The minimum atomic E-state index is -0.380. The van der Waals surface area contributed by atoms with Crippen molar-refractivity contribution in [3.05, 3.63) is 92.8 Å². The van der Waals surface area contributed by atoms with Crippen molar-refractivity contribution in [2.75, 3.05) is 7.11 Å². The molecule has 1 N–H and O–H groups in total. The quantitative estimate of drug-likeness (QED) is 0.402. The molecule has 0 amide bonds. The van der Waals surface area contributed by atoms with Gasteiger partial charge in [0.15, 0.2) is 23.1 Å². The van der Waals surface area contributed by atoms with E-state index in [-0.39, 0.29) is 17.5 Å². The predicted molar refractivity (Wildman–Crippen MR) is 143 cm³/mol. The lowest BCUT2D eigenvalue weighted by Gasteiger charge is -2.37. The molecule has 0 bridgehead atoms. The first kappa shape index (κ1) is 24.6. The van der Waals surface area contributed by atoms with Crippen molar-refractivity contribution in [3.8, 4) is 11.5 Å². The monoisotopic (exact) mass is 547 g/mol. The van der Waals surface area contributed by atoms with E-state index >= 15 is 0 Å². The van der Waals surface area contributed by atoms with Crippen molar-refractivity contribution in [3.63, 3.8) is 0 Å². The molecule has 186 valence electrons. The second kappa shape index (κ2) is 10.5. The molecule has 2 aliphatic carbocycles. The van der Waals surface area contributed by atoms with E-state index in [4.69, 9.17) is 9.47 Å². The highest BCUT2D eigenvalue weighted by molar-refractivity contribution is 9.10. The highest BCUT2D eigenvalue weighted by Gasteiger charge is 2.40. The molecule has 2 aromatic rings. The van der Waals surface area contributed by atoms with Gasteiger partial charge in [0.25, 0.3) is 0 Å². The number of allylic oxidation sites excluding steroid dienone is 5. The number of benzene rings is 2. The van der Waals surface area contributed by atoms with Crippen LogP contribution in [0.4, 0.5) is 0 Å². The summed E-state index contributed by atoms with van der Waals surface area (Å²) >= 11 is 3.47. The summed E-state index contributed by atoms with van der Waals surface area (Å²) in [7, 11) is 1.62. The summed E-state index contributed by atoms with van der Waals surface area (Å²) in [5.41, 5.74) is 6.29. The summed E-state index contributed by atoms with van der Waals surface area (Å²) < 4.78 is 13.1. The maximum atomic E-state index is 13.2. The molecule has 3 aliphatic rings. The first-order valence-electron chi connectivity index (χ1n) is 12.5. The van der Waals surface area contributed by atoms with Crippen LogP contribution in [0.1, 0.15) is 61.1 Å². The van der Waals surface area contributed by atoms with E-state index in [0.29, 0.717) is 37.4 Å². The minimum absolute atomic E-state index is 0.124. The van der Waals surface area contributed by atoms with Gasteiger partial charge >= 0.3 is 0 Å². The smallest absolute Gasteiger partial charge is 0.165 e. The third kappa shape index (κ3) is 4.66. The van der Waals surface area contributed by atoms with Gasteiger partial charge in [-0.25, -0.2) is 0 Å². The van der Waals surface area contributed by atoms with Crippen LogP contribution in [0.5, 0.6) is 11.5 Å². The molecular formula is C30H30BrNO4. The zero-order valence-corrected chi connectivity index (χ0v) is 22.1. The normalized spacial score (nSPS) is 17.9. The second-order valence-corrected chi connectivity index (χ2v) is 10.4. The van der Waals surface area contributed by atoms with Crippen LogP contribution in [0.2, 0.25) is 0 Å². The maximum absolute atomic E-state index is 13.2. The Morgan fingerprint density at radius 2 is 1.64 bits per heavy atom. The number of carbonyl (C=O) groups excluding carboxylic acids is 2. The second-order valence-electron chi connectivity index (χ2n) is 9.52. The molecule has 1 aliphatic heterocycles. The first-order valence-corrected chi connectivity index (χ1v) is 13.3. The number of ether oxygens (including phenoxy) is 2. The Morgan fingerprint density at radius 1 is 1.00 bits per heavy atom. The highest BCUT2D eigenvalue weighted by atomic mass is 79.9. The summed E-state index contributed by atoms with van der Waals surface area (Å²) in [6.45, 7) is 4.33. The molecule has 0 saturated heterocycles. The summed E-state index contributed by atoms with van der Waals surface area (Å²) in [4.78, 5) is 26.4. The van der Waals surface area contributed by atoms with Gasteiger partial charge in [-0.2, -0.15) is 0 Å². The molecular weight excluding hydrogens is 518 g/mol. The number of methoxy groups -OCH3 is 1. The van der Waals surface area contributed by atoms with Crippen molar-refractivity contribution in [1.82, 2.24) is 5.32 Å². The molecule has 0 fully saturated rings. The van der Waals surface area contributed by atoms with Gasteiger partial charge in [0.2, 0.25) is 0 Å². The first-order chi connectivity index (χ1) is 17.5. The summed E-state index contributed by atoms with van der Waals surface area (Å²) in [6.07, 6.45) is 6.76. The Kier molecular flexibility index (Phi) is 7.15. The number of hydrogen-bond acceptors (Lipinski definition) is 5. The third-order valence-corrected chi connectivity index (χ3v) is 7.69. The Bertz CT molecular complexity index is 1250. The van der Waals surface area contributed by atoms with Crippen LogP contribution in [-0.4, -0.2) is 18.7 Å². The fourth-order valence-electron chi connectivity index (χ4n) is 5.53. The lowest BCUT2D eigenvalue weighted by Crippen LogP contribution is -2.36. The largest absolute Gasteiger partial charge is 0.493 e. The van der Waals surface area contributed by atoms with Gasteiger partial charge in [-0.3, -0.25) is 9.59 Å². The van der Waals surface area contributed by atoms with Crippen LogP contribution in [0.25, 0.3) is 0 Å². The number of ketones is 2. The van der Waals surface area contributed by atoms with Gasteiger partial charge in [-0.15, -0.1) is 6.58 Å². The third-order valence-electron chi connectivity index (χ3n) is 7.16. The molecule has 6 heteroatoms. The van der Waals surface area contributed by atoms with Gasteiger partial charge in [0.1, 0.15) is 6.61 Å². The fourth-order valence-corrected chi connectivity index (χ4v) is 5.79. The Hall–Kier alpha value is -3.12. The average molecular weight is 548 g/mol. The number of carbonyl (C=O) groups is 2. The van der Waals surface area contributed by atoms with Crippen LogP contribution >= 0.6 is 15.9 Å². The van der Waals surface area contributed by atoms with Gasteiger partial charge in [0.05, 0.1) is 7.11 Å². The number of Topliss-reactive ketones (excluding diaryl/α,β-unsaturated/α-hetero) is 2. The van der Waals surface area contributed by atoms with Crippen molar-refractivity contribution in [1.29, 1.82) is 0 Å². The Morgan fingerprint density at radius 3 is 2.22 bits per heavy atom. The van der Waals surface area contributed by atoms with Gasteiger partial charge in [0, 0.05) is 51.3 Å². The average Bonchev–Trinajstić information content (AvgIpc) is 2.88. The maximum Gasteiger partial charge on any atom is 0.165 e. The van der Waals surface area contributed by atoms with Crippen LogP contribution in [0.3, 0.4) is 0 Å². The number of halogens is 1. The molecule has 0 spiro atoms. The molecule has 0 saturated carbocycles. The van der Waals surface area contributed by atoms with E-state index in [0.717, 1.165) is 69.4 Å². The van der Waals surface area contributed by atoms with E-state index in [2.05, 4.69) is 33.9 Å². The Labute approximate surface area is 220 Å². The minimum Gasteiger partial charge on any atom is -0.493 e. The van der Waals surface area contributed by atoms with Crippen molar-refractivity contribution >= 4 is 27.5 Å². The van der Waals surface area contributed by atoms with E-state index in [1.807, 2.05) is 36.4 Å². The number of nitrogens with one attached hydrogen (secondary N) is 1. The number of dihydropyridines is 1. The van der Waals surface area contributed by atoms with Crippen LogP contribution in [0, 0.1) is 0 Å². The topological polar surface area (TPSA) is 64.6 Å². The van der Waals surface area contributed by atoms with Crippen LogP contribution in [0.15, 0.2) is 76.1 Å². The lowest BCUT2D eigenvalue weighted by molar-refractivity contribution is -0.116. The van der Waals surface area contributed by atoms with Crippen molar-refractivity contribution in [2.24, 2.45) is 0 Å². The molecule has 5 nitrogen and oxygen atoms in total. The van der Waals surface area contributed by atoms with Crippen LogP contribution < -0.4 is 14.8 Å². The Balaban J connectivity index is 1.60. The molecule has 0 aromatic heterocycles. The van der Waals surface area contributed by atoms with Crippen LogP contribution in [-0.2, 0) is 22.6 Å². The molecule has 5 rings (SSSR count). The summed E-state index contributed by atoms with van der Waals surface area (Å²) in [5.74, 6) is 1.12. The van der Waals surface area contributed by atoms with E-state index in [1.54, 1.807) is 7.11 Å². The molecule has 1 heterocycles. The van der Waals surface area contributed by atoms with Gasteiger partial charge in [-0.05, 0) is 61.4 Å². The van der Waals surface area contributed by atoms with Crippen molar-refractivity contribution < 1.29 is 19.1 Å². The van der Waals surface area contributed by atoms with Crippen molar-refractivity contribution in [2.45, 2.75) is 57.5 Å². The zero-order chi connectivity index (χ0) is 25.2. The van der Waals surface area contributed by atoms with Gasteiger partial charge in [-0.1, -0.05) is 40.2 Å². The van der Waals surface area contributed by atoms with E-state index in [9.17, 15) is 9.59 Å². The van der Waals surface area contributed by atoms with E-state index in [1.165, 1.54) is 0 Å². The molecule has 0 atom stereocenters. The van der Waals surface area contributed by atoms with Gasteiger partial charge < -0.3 is 14.8 Å².